The van der Waals surface area contributed by atoms with Gasteiger partial charge < -0.3 is 10.5 Å². The predicted octanol–water partition coefficient (Wildman–Crippen LogP) is 5.35. The molecule has 0 aliphatic carbocycles. The monoisotopic (exact) mass is 484 g/mol. The maximum atomic E-state index is 13.4. The van der Waals surface area contributed by atoms with Gasteiger partial charge in [0.05, 0.1) is 18.4 Å². The highest BCUT2D eigenvalue weighted by Gasteiger charge is 2.31. The van der Waals surface area contributed by atoms with Crippen LogP contribution in [-0.2, 0) is 11.9 Å². The zero-order valence-corrected chi connectivity index (χ0v) is 18.7. The molecule has 4 rings (SSSR count). The highest BCUT2D eigenvalue weighted by Crippen LogP contribution is 2.34. The Morgan fingerprint density at radius 1 is 1.03 bits per heavy atom. The molecule has 0 aliphatic rings. The van der Waals surface area contributed by atoms with Gasteiger partial charge in [-0.1, -0.05) is 30.0 Å². The molecule has 0 atom stereocenters. The largest absolute Gasteiger partial charge is 0.497 e. The molecule has 0 saturated heterocycles. The average Bonchev–Trinajstić information content (AvgIpc) is 3.26. The lowest BCUT2D eigenvalue weighted by molar-refractivity contribution is -0.137. The number of amides is 1. The number of methoxy groups -OCH3 is 1. The van der Waals surface area contributed by atoms with E-state index in [1.165, 1.54) is 17.8 Å². The molecule has 174 valence electrons. The van der Waals surface area contributed by atoms with Crippen molar-refractivity contribution in [1.29, 1.82) is 0 Å². The minimum atomic E-state index is -4.49. The highest BCUT2D eigenvalue weighted by molar-refractivity contribution is 7.98. The van der Waals surface area contributed by atoms with E-state index >= 15 is 0 Å². The minimum absolute atomic E-state index is 0.289. The van der Waals surface area contributed by atoms with Gasteiger partial charge >= 0.3 is 6.18 Å². The topological polar surface area (TPSA) is 83.0 Å². The maximum Gasteiger partial charge on any atom is 0.416 e. The van der Waals surface area contributed by atoms with Crippen molar-refractivity contribution in [3.63, 3.8) is 0 Å². The molecular formula is C24H19F3N4O2S. The second-order valence-corrected chi connectivity index (χ2v) is 8.21. The van der Waals surface area contributed by atoms with Crippen molar-refractivity contribution < 1.29 is 22.7 Å². The normalized spacial score (nSPS) is 11.4. The van der Waals surface area contributed by atoms with E-state index in [9.17, 15) is 18.0 Å². The molecule has 10 heteroatoms. The molecule has 0 saturated carbocycles. The fourth-order valence-corrected chi connectivity index (χ4v) is 4.17. The van der Waals surface area contributed by atoms with Gasteiger partial charge in [0.1, 0.15) is 5.75 Å². The van der Waals surface area contributed by atoms with E-state index in [1.54, 1.807) is 66.3 Å². The number of halogens is 3. The van der Waals surface area contributed by atoms with Crippen LogP contribution in [0.3, 0.4) is 0 Å². The zero-order chi connectivity index (χ0) is 24.3. The molecule has 4 aromatic rings. The Morgan fingerprint density at radius 2 is 1.74 bits per heavy atom. The molecule has 1 amide bonds. The van der Waals surface area contributed by atoms with Crippen LogP contribution in [0.2, 0.25) is 0 Å². The quantitative estimate of drug-likeness (QED) is 0.358. The number of thioether (sulfide) groups is 1. The fraction of sp³-hybridized carbons (Fsp3) is 0.125. The van der Waals surface area contributed by atoms with Crippen molar-refractivity contribution in [2.45, 2.75) is 17.1 Å². The first-order chi connectivity index (χ1) is 16.3. The number of ether oxygens (including phenoxy) is 1. The molecule has 34 heavy (non-hydrogen) atoms. The second kappa shape index (κ2) is 9.60. The predicted molar refractivity (Wildman–Crippen MR) is 123 cm³/mol. The van der Waals surface area contributed by atoms with Crippen molar-refractivity contribution in [3.05, 3.63) is 89.5 Å². The number of nitrogens with zero attached hydrogens (tertiary/aromatic N) is 3. The van der Waals surface area contributed by atoms with Crippen LogP contribution in [0.5, 0.6) is 5.75 Å². The molecule has 6 nitrogen and oxygen atoms in total. The summed E-state index contributed by atoms with van der Waals surface area (Å²) < 4.78 is 46.9. The molecular weight excluding hydrogens is 465 g/mol. The van der Waals surface area contributed by atoms with E-state index in [1.807, 2.05) is 0 Å². The number of rotatable bonds is 7. The van der Waals surface area contributed by atoms with Crippen molar-refractivity contribution in [3.8, 4) is 22.8 Å². The Morgan fingerprint density at radius 3 is 2.35 bits per heavy atom. The van der Waals surface area contributed by atoms with Crippen LogP contribution < -0.4 is 10.5 Å². The molecule has 0 aliphatic heterocycles. The first-order valence-corrected chi connectivity index (χ1v) is 11.0. The average molecular weight is 485 g/mol. The van der Waals surface area contributed by atoms with Gasteiger partial charge in [-0.25, -0.2) is 0 Å². The first kappa shape index (κ1) is 23.4. The van der Waals surface area contributed by atoms with Gasteiger partial charge in [0.2, 0.25) is 5.91 Å². The van der Waals surface area contributed by atoms with Crippen LogP contribution in [0.15, 0.2) is 78.0 Å². The van der Waals surface area contributed by atoms with E-state index in [0.717, 1.165) is 17.7 Å². The number of hydrogen-bond donors (Lipinski definition) is 1. The summed E-state index contributed by atoms with van der Waals surface area (Å²) in [6, 6.07) is 18.8. The van der Waals surface area contributed by atoms with Crippen molar-refractivity contribution in [2.24, 2.45) is 5.73 Å². The van der Waals surface area contributed by atoms with Crippen molar-refractivity contribution in [1.82, 2.24) is 14.8 Å². The van der Waals surface area contributed by atoms with Crippen LogP contribution in [0, 0.1) is 0 Å². The third-order valence-corrected chi connectivity index (χ3v) is 6.02. The lowest BCUT2D eigenvalue weighted by Gasteiger charge is -2.13. The summed E-state index contributed by atoms with van der Waals surface area (Å²) in [7, 11) is 1.55. The number of aromatic nitrogens is 3. The number of nitrogens with two attached hydrogens (primary N) is 1. The van der Waals surface area contributed by atoms with Crippen molar-refractivity contribution in [2.75, 3.05) is 7.11 Å². The number of primary amides is 1. The van der Waals surface area contributed by atoms with Gasteiger partial charge in [0.25, 0.3) is 0 Å². The summed E-state index contributed by atoms with van der Waals surface area (Å²) in [5.74, 6) is 0.975. The zero-order valence-electron chi connectivity index (χ0n) is 17.9. The van der Waals surface area contributed by atoms with Gasteiger partial charge in [0, 0.05) is 16.9 Å². The van der Waals surface area contributed by atoms with Crippen LogP contribution >= 0.6 is 11.8 Å². The van der Waals surface area contributed by atoms with Crippen LogP contribution in [0.25, 0.3) is 17.1 Å². The van der Waals surface area contributed by atoms with E-state index in [4.69, 9.17) is 10.5 Å². The molecule has 0 bridgehead atoms. The number of carbonyl (C=O) groups excluding carboxylic acids is 1. The van der Waals surface area contributed by atoms with E-state index in [-0.39, 0.29) is 5.69 Å². The summed E-state index contributed by atoms with van der Waals surface area (Å²) >= 11 is 1.31. The number of alkyl halides is 3. The van der Waals surface area contributed by atoms with E-state index < -0.39 is 17.6 Å². The lowest BCUT2D eigenvalue weighted by atomic mass is 10.1. The third kappa shape index (κ3) is 5.07. The number of hydrogen-bond acceptors (Lipinski definition) is 5. The highest BCUT2D eigenvalue weighted by atomic mass is 32.2. The third-order valence-electron chi connectivity index (χ3n) is 5.02. The number of carbonyl (C=O) groups is 1. The van der Waals surface area contributed by atoms with Crippen LogP contribution in [0.1, 0.15) is 21.5 Å². The summed E-state index contributed by atoms with van der Waals surface area (Å²) in [6.07, 6.45) is -4.49. The maximum absolute atomic E-state index is 13.4. The molecule has 0 fully saturated rings. The Labute approximate surface area is 197 Å². The van der Waals surface area contributed by atoms with Crippen molar-refractivity contribution >= 4 is 17.7 Å². The summed E-state index contributed by atoms with van der Waals surface area (Å²) in [5.41, 5.74) is 6.75. The summed E-state index contributed by atoms with van der Waals surface area (Å²) in [5, 5.41) is 8.94. The first-order valence-electron chi connectivity index (χ1n) is 10.1. The van der Waals surface area contributed by atoms with Gasteiger partial charge in [-0.3, -0.25) is 9.36 Å². The molecule has 2 N–H and O–H groups in total. The fourth-order valence-electron chi connectivity index (χ4n) is 3.26. The van der Waals surface area contributed by atoms with Gasteiger partial charge in [-0.15, -0.1) is 10.2 Å². The molecule has 1 aromatic heterocycles. The Kier molecular flexibility index (Phi) is 6.60. The van der Waals surface area contributed by atoms with E-state index in [2.05, 4.69) is 10.2 Å². The Balaban J connectivity index is 1.73. The second-order valence-electron chi connectivity index (χ2n) is 7.27. The molecule has 0 radical (unpaired) electrons. The lowest BCUT2D eigenvalue weighted by Crippen LogP contribution is -2.10. The minimum Gasteiger partial charge on any atom is -0.497 e. The molecule has 0 unspecified atom stereocenters. The molecule has 1 heterocycles. The van der Waals surface area contributed by atoms with Crippen LogP contribution in [-0.4, -0.2) is 27.8 Å². The van der Waals surface area contributed by atoms with E-state index in [0.29, 0.717) is 33.6 Å². The Bertz CT molecular complexity index is 1300. The van der Waals surface area contributed by atoms with Gasteiger partial charge in [0.15, 0.2) is 11.0 Å². The number of benzene rings is 3. The molecule has 3 aromatic carbocycles. The molecule has 0 spiro atoms. The van der Waals surface area contributed by atoms with Gasteiger partial charge in [-0.05, 0) is 60.2 Å². The summed E-state index contributed by atoms with van der Waals surface area (Å²) in [6.45, 7) is 0. The van der Waals surface area contributed by atoms with Crippen LogP contribution in [0.4, 0.5) is 13.2 Å². The summed E-state index contributed by atoms with van der Waals surface area (Å²) in [4.78, 5) is 11.3. The Hall–Kier alpha value is -3.79. The SMILES string of the molecule is COc1ccc(-c2nnc(SCc3ccc(C(N)=O)cc3)n2-c2cccc(C(F)(F)F)c2)cc1. The van der Waals surface area contributed by atoms with Gasteiger partial charge in [-0.2, -0.15) is 13.2 Å². The standard InChI is InChI=1S/C24H19F3N4O2S/c1-33-20-11-9-17(10-12-20)22-29-30-23(34-14-15-5-7-16(8-6-15)21(28)32)31(22)19-4-2-3-18(13-19)24(25,26)27/h2-13H,14H2,1H3,(H2,28,32). The smallest absolute Gasteiger partial charge is 0.416 e.